The van der Waals surface area contributed by atoms with Crippen molar-refractivity contribution >= 4 is 5.97 Å². The van der Waals surface area contributed by atoms with Crippen LogP contribution in [0.1, 0.15) is 132 Å². The van der Waals surface area contributed by atoms with Crippen molar-refractivity contribution < 1.29 is 9.53 Å². The molecule has 2 heteroatoms. The smallest absolute Gasteiger partial charge is 0.302 e. The molecule has 2 fully saturated rings. The second-order valence-electron chi connectivity index (χ2n) is 13.8. The topological polar surface area (TPSA) is 26.3 Å². The number of ether oxygens (including phenoxy) is 1. The van der Waals surface area contributed by atoms with Crippen molar-refractivity contribution in [3.05, 3.63) is 11.1 Å². The van der Waals surface area contributed by atoms with Crippen molar-refractivity contribution in [1.82, 2.24) is 0 Å². The summed E-state index contributed by atoms with van der Waals surface area (Å²) in [7, 11) is 0. The number of rotatable bonds is 6. The number of unbranched alkanes of at least 4 members (excludes halogenated alkanes) is 2. The molecule has 0 heterocycles. The Bertz CT molecular complexity index is 793. The maximum Gasteiger partial charge on any atom is 0.302 e. The zero-order chi connectivity index (χ0) is 24.2. The van der Waals surface area contributed by atoms with Crippen LogP contribution in [0.5, 0.6) is 0 Å². The van der Waals surface area contributed by atoms with Crippen LogP contribution in [-0.4, -0.2) is 12.1 Å². The average molecular weight is 457 g/mol. The summed E-state index contributed by atoms with van der Waals surface area (Å²) in [6.45, 7) is 19.2. The molecule has 0 radical (unpaired) electrons. The van der Waals surface area contributed by atoms with Crippen molar-refractivity contribution in [2.24, 2.45) is 39.4 Å². The molecular weight excluding hydrogens is 404 g/mol. The van der Waals surface area contributed by atoms with Crippen LogP contribution in [-0.2, 0) is 9.53 Å². The van der Waals surface area contributed by atoms with Gasteiger partial charge in [0.2, 0.25) is 0 Å². The van der Waals surface area contributed by atoms with Crippen LogP contribution >= 0.6 is 0 Å². The molecule has 0 N–H and O–H groups in total. The fraction of sp³-hybridized carbons (Fsp3) is 0.903. The van der Waals surface area contributed by atoms with E-state index in [0.29, 0.717) is 16.7 Å². The van der Waals surface area contributed by atoms with Crippen LogP contribution in [0.15, 0.2) is 11.1 Å². The third kappa shape index (κ3) is 3.76. The SMILES string of the molecule is CCCCC[C@H](C)C1CC[C@@]2(C)C3=C(CC[C@]12C)[C@@]1(C)CC[C@H](OC(C)=O)C(C)(C)C1CC3. The van der Waals surface area contributed by atoms with Gasteiger partial charge in [-0.2, -0.15) is 0 Å². The third-order valence-corrected chi connectivity index (χ3v) is 12.0. The molecular formula is C31H52O2. The number of carbonyl (C=O) groups excluding carboxylic acids is 1. The Balaban J connectivity index is 1.63. The molecule has 0 bridgehead atoms. The second kappa shape index (κ2) is 8.70. The first kappa shape index (κ1) is 25.3. The highest BCUT2D eigenvalue weighted by Crippen LogP contribution is 2.72. The predicted molar refractivity (Wildman–Crippen MR) is 138 cm³/mol. The first-order valence-corrected chi connectivity index (χ1v) is 14.3. The molecule has 2 saturated carbocycles. The molecule has 4 aliphatic rings. The largest absolute Gasteiger partial charge is 0.462 e. The fourth-order valence-electron chi connectivity index (χ4n) is 9.94. The summed E-state index contributed by atoms with van der Waals surface area (Å²) in [6.07, 6.45) is 15.9. The van der Waals surface area contributed by atoms with Crippen molar-refractivity contribution in [2.45, 2.75) is 139 Å². The quantitative estimate of drug-likeness (QED) is 0.226. The molecule has 7 atom stereocenters. The molecule has 4 aliphatic carbocycles. The van der Waals surface area contributed by atoms with Crippen LogP contribution in [0.2, 0.25) is 0 Å². The highest BCUT2D eigenvalue weighted by Gasteiger charge is 2.63. The molecule has 2 nitrogen and oxygen atoms in total. The monoisotopic (exact) mass is 456 g/mol. The standard InChI is InChI=1S/C31H52O2/c1-9-10-11-12-21(2)23-15-19-31(8)25-13-14-26-28(4,5)27(33-22(3)32)17-18-29(26,6)24(25)16-20-30(23,31)7/h21,23,26-27H,9-20H2,1-8H3/t21-,23?,26?,27-,29+,30+,31-/m0/s1. The van der Waals surface area contributed by atoms with E-state index in [0.717, 1.165) is 18.3 Å². The maximum absolute atomic E-state index is 11.8. The van der Waals surface area contributed by atoms with Gasteiger partial charge in [-0.3, -0.25) is 4.79 Å². The Morgan fingerprint density at radius 3 is 2.36 bits per heavy atom. The van der Waals surface area contributed by atoms with Crippen LogP contribution in [0.4, 0.5) is 0 Å². The highest BCUT2D eigenvalue weighted by molar-refractivity contribution is 5.66. The van der Waals surface area contributed by atoms with Crippen molar-refractivity contribution in [1.29, 1.82) is 0 Å². The van der Waals surface area contributed by atoms with Gasteiger partial charge < -0.3 is 4.74 Å². The molecule has 0 spiro atoms. The lowest BCUT2D eigenvalue weighted by molar-refractivity contribution is -0.167. The van der Waals surface area contributed by atoms with Gasteiger partial charge in [-0.25, -0.2) is 0 Å². The van der Waals surface area contributed by atoms with E-state index in [1.165, 1.54) is 70.6 Å². The van der Waals surface area contributed by atoms with E-state index in [1.807, 2.05) is 11.1 Å². The van der Waals surface area contributed by atoms with Gasteiger partial charge in [-0.15, -0.1) is 0 Å². The van der Waals surface area contributed by atoms with Crippen LogP contribution in [0, 0.1) is 39.4 Å². The van der Waals surface area contributed by atoms with Gasteiger partial charge in [0.05, 0.1) is 0 Å². The normalized spacial score (nSPS) is 42.8. The van der Waals surface area contributed by atoms with E-state index in [2.05, 4.69) is 48.5 Å². The van der Waals surface area contributed by atoms with Gasteiger partial charge in [0.15, 0.2) is 0 Å². The average Bonchev–Trinajstić information content (AvgIpc) is 3.02. The molecule has 0 aromatic carbocycles. The lowest BCUT2D eigenvalue weighted by Gasteiger charge is -2.62. The second-order valence-corrected chi connectivity index (χ2v) is 13.8. The maximum atomic E-state index is 11.8. The Kier molecular flexibility index (Phi) is 6.67. The summed E-state index contributed by atoms with van der Waals surface area (Å²) in [5.74, 6) is 2.24. The minimum Gasteiger partial charge on any atom is -0.462 e. The Labute approximate surface area is 204 Å². The van der Waals surface area contributed by atoms with E-state index in [1.54, 1.807) is 6.92 Å². The summed E-state index contributed by atoms with van der Waals surface area (Å²) in [6, 6.07) is 0. The number of hydrogen-bond donors (Lipinski definition) is 0. The summed E-state index contributed by atoms with van der Waals surface area (Å²) in [5.41, 5.74) is 4.89. The van der Waals surface area contributed by atoms with E-state index < -0.39 is 0 Å². The third-order valence-electron chi connectivity index (χ3n) is 12.0. The van der Waals surface area contributed by atoms with Crippen molar-refractivity contribution in [3.63, 3.8) is 0 Å². The van der Waals surface area contributed by atoms with Gasteiger partial charge >= 0.3 is 5.97 Å². The summed E-state index contributed by atoms with van der Waals surface area (Å²) in [5, 5.41) is 0. The molecule has 0 amide bonds. The summed E-state index contributed by atoms with van der Waals surface area (Å²) >= 11 is 0. The zero-order valence-corrected chi connectivity index (χ0v) is 23.1. The minimum absolute atomic E-state index is 0.0465. The van der Waals surface area contributed by atoms with Gasteiger partial charge in [0.1, 0.15) is 6.10 Å². The van der Waals surface area contributed by atoms with Gasteiger partial charge in [-0.05, 0) is 85.4 Å². The fourth-order valence-corrected chi connectivity index (χ4v) is 9.94. The van der Waals surface area contributed by atoms with Gasteiger partial charge in [-0.1, -0.05) is 85.3 Å². The van der Waals surface area contributed by atoms with E-state index >= 15 is 0 Å². The highest BCUT2D eigenvalue weighted by atomic mass is 16.5. The summed E-state index contributed by atoms with van der Waals surface area (Å²) in [4.78, 5) is 11.8. The number of fused-ring (bicyclic) bond motifs is 4. The molecule has 0 aromatic heterocycles. The van der Waals surface area contributed by atoms with E-state index in [9.17, 15) is 4.79 Å². The minimum atomic E-state index is -0.113. The van der Waals surface area contributed by atoms with E-state index in [-0.39, 0.29) is 22.9 Å². The number of esters is 1. The van der Waals surface area contributed by atoms with Gasteiger partial charge in [0, 0.05) is 12.3 Å². The molecule has 0 aromatic rings. The first-order chi connectivity index (χ1) is 15.4. The lowest BCUT2D eigenvalue weighted by atomic mass is 9.43. The number of hydrogen-bond acceptors (Lipinski definition) is 2. The number of carbonyl (C=O) groups is 1. The Hall–Kier alpha value is -0.790. The molecule has 33 heavy (non-hydrogen) atoms. The predicted octanol–water partition coefficient (Wildman–Crippen LogP) is 8.88. The Morgan fingerprint density at radius 2 is 1.70 bits per heavy atom. The van der Waals surface area contributed by atoms with Gasteiger partial charge in [0.25, 0.3) is 0 Å². The lowest BCUT2D eigenvalue weighted by Crippen LogP contribution is -2.55. The first-order valence-electron chi connectivity index (χ1n) is 14.3. The number of allylic oxidation sites excluding steroid dienone is 2. The van der Waals surface area contributed by atoms with E-state index in [4.69, 9.17) is 4.74 Å². The van der Waals surface area contributed by atoms with Crippen molar-refractivity contribution in [2.75, 3.05) is 0 Å². The van der Waals surface area contributed by atoms with Crippen LogP contribution in [0.25, 0.3) is 0 Å². The Morgan fingerprint density at radius 1 is 0.970 bits per heavy atom. The van der Waals surface area contributed by atoms with Crippen LogP contribution in [0.3, 0.4) is 0 Å². The van der Waals surface area contributed by atoms with Crippen LogP contribution < -0.4 is 0 Å². The van der Waals surface area contributed by atoms with Crippen molar-refractivity contribution in [3.8, 4) is 0 Å². The molecule has 4 rings (SSSR count). The summed E-state index contributed by atoms with van der Waals surface area (Å²) < 4.78 is 5.87. The zero-order valence-electron chi connectivity index (χ0n) is 23.1. The molecule has 0 aliphatic heterocycles. The molecule has 0 saturated heterocycles. The molecule has 2 unspecified atom stereocenters. The molecule has 188 valence electrons.